The highest BCUT2D eigenvalue weighted by molar-refractivity contribution is 6.32. The molecule has 0 aromatic heterocycles. The Morgan fingerprint density at radius 3 is 2.59 bits per heavy atom. The summed E-state index contributed by atoms with van der Waals surface area (Å²) < 4.78 is 5.06. The van der Waals surface area contributed by atoms with Crippen molar-refractivity contribution in [3.8, 4) is 5.75 Å². The maximum absolute atomic E-state index is 11.7. The van der Waals surface area contributed by atoms with Crippen LogP contribution in [0.2, 0.25) is 5.02 Å². The van der Waals surface area contributed by atoms with E-state index >= 15 is 0 Å². The topological polar surface area (TPSA) is 41.6 Å². The number of ether oxygens (including phenoxy) is 1. The van der Waals surface area contributed by atoms with Gasteiger partial charge in [0.25, 0.3) is 0 Å². The van der Waals surface area contributed by atoms with Crippen molar-refractivity contribution in [2.75, 3.05) is 26.5 Å². The highest BCUT2D eigenvalue weighted by Gasteiger charge is 2.14. The molecule has 0 aliphatic heterocycles. The Morgan fingerprint density at radius 1 is 1.47 bits per heavy atom. The lowest BCUT2D eigenvalue weighted by molar-refractivity contribution is -0.129. The zero-order valence-corrected chi connectivity index (χ0v) is 11.2. The van der Waals surface area contributed by atoms with Gasteiger partial charge in [0.1, 0.15) is 11.8 Å². The molecule has 0 heterocycles. The minimum Gasteiger partial charge on any atom is -0.495 e. The first-order chi connectivity index (χ1) is 7.95. The normalized spacial score (nSPS) is 11.8. The lowest BCUT2D eigenvalue weighted by atomic mass is 10.2. The first-order valence-electron chi connectivity index (χ1n) is 5.27. The van der Waals surface area contributed by atoms with Crippen molar-refractivity contribution in [1.29, 1.82) is 0 Å². The maximum atomic E-state index is 11.7. The van der Waals surface area contributed by atoms with Gasteiger partial charge in [0, 0.05) is 19.8 Å². The van der Waals surface area contributed by atoms with E-state index in [0.29, 0.717) is 10.8 Å². The van der Waals surface area contributed by atoms with Gasteiger partial charge in [-0.3, -0.25) is 4.79 Å². The Kier molecular flexibility index (Phi) is 4.63. The number of nitrogens with one attached hydrogen (secondary N) is 1. The summed E-state index contributed by atoms with van der Waals surface area (Å²) in [7, 11) is 5.01. The van der Waals surface area contributed by atoms with Gasteiger partial charge in [0.15, 0.2) is 0 Å². The minimum atomic E-state index is -0.297. The molecule has 5 heteroatoms. The molecule has 1 unspecified atom stereocenters. The molecule has 94 valence electrons. The molecule has 1 aromatic carbocycles. The fourth-order valence-electron chi connectivity index (χ4n) is 1.46. The lowest BCUT2D eigenvalue weighted by Crippen LogP contribution is -2.36. The van der Waals surface area contributed by atoms with E-state index in [4.69, 9.17) is 16.3 Å². The maximum Gasteiger partial charge on any atom is 0.244 e. The molecule has 1 aromatic rings. The van der Waals surface area contributed by atoms with Crippen LogP contribution in [0.5, 0.6) is 5.75 Å². The van der Waals surface area contributed by atoms with E-state index in [0.717, 1.165) is 5.69 Å². The van der Waals surface area contributed by atoms with Crippen molar-refractivity contribution < 1.29 is 9.53 Å². The molecule has 0 saturated carbocycles. The summed E-state index contributed by atoms with van der Waals surface area (Å²) >= 11 is 5.99. The zero-order valence-electron chi connectivity index (χ0n) is 10.5. The Balaban J connectivity index is 2.75. The van der Waals surface area contributed by atoms with Gasteiger partial charge in [0.05, 0.1) is 12.1 Å². The van der Waals surface area contributed by atoms with E-state index < -0.39 is 0 Å². The smallest absolute Gasteiger partial charge is 0.244 e. The van der Waals surface area contributed by atoms with Gasteiger partial charge < -0.3 is 15.0 Å². The van der Waals surface area contributed by atoms with E-state index in [1.807, 2.05) is 6.07 Å². The van der Waals surface area contributed by atoms with Gasteiger partial charge >= 0.3 is 0 Å². The van der Waals surface area contributed by atoms with Crippen molar-refractivity contribution in [2.24, 2.45) is 0 Å². The second-order valence-electron chi connectivity index (χ2n) is 3.95. The van der Waals surface area contributed by atoms with Gasteiger partial charge in [-0.25, -0.2) is 0 Å². The molecule has 0 aliphatic carbocycles. The molecule has 0 spiro atoms. The fourth-order valence-corrected chi connectivity index (χ4v) is 1.71. The van der Waals surface area contributed by atoms with Crippen molar-refractivity contribution in [3.63, 3.8) is 0 Å². The number of carbonyl (C=O) groups excluding carboxylic acids is 1. The van der Waals surface area contributed by atoms with Crippen LogP contribution in [-0.4, -0.2) is 38.1 Å². The molecule has 0 bridgehead atoms. The highest BCUT2D eigenvalue weighted by Crippen LogP contribution is 2.27. The molecule has 0 saturated heterocycles. The zero-order chi connectivity index (χ0) is 13.0. The SMILES string of the molecule is COc1ccc(NC(C)C(=O)N(C)C)cc1Cl. The summed E-state index contributed by atoms with van der Waals surface area (Å²) in [5.74, 6) is 0.626. The Bertz CT molecular complexity index is 407. The second-order valence-corrected chi connectivity index (χ2v) is 4.36. The molecule has 1 rings (SSSR count). The summed E-state index contributed by atoms with van der Waals surface area (Å²) in [6.07, 6.45) is 0. The van der Waals surface area contributed by atoms with Gasteiger partial charge in [-0.1, -0.05) is 11.6 Å². The summed E-state index contributed by atoms with van der Waals surface area (Å²) in [4.78, 5) is 13.2. The number of amides is 1. The number of hydrogen-bond acceptors (Lipinski definition) is 3. The number of benzene rings is 1. The molecule has 0 aliphatic rings. The van der Waals surface area contributed by atoms with E-state index in [1.165, 1.54) is 0 Å². The van der Waals surface area contributed by atoms with Crippen LogP contribution in [0.3, 0.4) is 0 Å². The Labute approximate surface area is 107 Å². The number of rotatable bonds is 4. The highest BCUT2D eigenvalue weighted by atomic mass is 35.5. The summed E-state index contributed by atoms with van der Waals surface area (Å²) in [5, 5.41) is 3.60. The number of likely N-dealkylation sites (N-methyl/N-ethyl adjacent to an activating group) is 1. The Morgan fingerprint density at radius 2 is 2.12 bits per heavy atom. The second kappa shape index (κ2) is 5.77. The molecular weight excluding hydrogens is 240 g/mol. The molecule has 0 radical (unpaired) electrons. The number of nitrogens with zero attached hydrogens (tertiary/aromatic N) is 1. The number of carbonyl (C=O) groups is 1. The van der Waals surface area contributed by atoms with E-state index in [2.05, 4.69) is 5.32 Å². The number of halogens is 1. The van der Waals surface area contributed by atoms with Crippen molar-refractivity contribution >= 4 is 23.2 Å². The summed E-state index contributed by atoms with van der Waals surface area (Å²) in [5.41, 5.74) is 0.790. The monoisotopic (exact) mass is 256 g/mol. The lowest BCUT2D eigenvalue weighted by Gasteiger charge is -2.19. The van der Waals surface area contributed by atoms with Crippen LogP contribution in [0.15, 0.2) is 18.2 Å². The van der Waals surface area contributed by atoms with Crippen LogP contribution >= 0.6 is 11.6 Å². The summed E-state index contributed by atoms with van der Waals surface area (Å²) in [6, 6.07) is 5.02. The van der Waals surface area contributed by atoms with E-state index in [1.54, 1.807) is 45.2 Å². The third-order valence-corrected chi connectivity index (χ3v) is 2.64. The predicted octanol–water partition coefficient (Wildman–Crippen LogP) is 2.24. The van der Waals surface area contributed by atoms with Gasteiger partial charge in [-0.2, -0.15) is 0 Å². The van der Waals surface area contributed by atoms with Crippen molar-refractivity contribution in [1.82, 2.24) is 4.90 Å². The number of anilines is 1. The standard InChI is InChI=1S/C12H17ClN2O2/c1-8(12(16)15(2)3)14-9-5-6-11(17-4)10(13)7-9/h5-8,14H,1-4H3. The van der Waals surface area contributed by atoms with Crippen LogP contribution in [0.25, 0.3) is 0 Å². The minimum absolute atomic E-state index is 0.0111. The van der Waals surface area contributed by atoms with Crippen LogP contribution in [0, 0.1) is 0 Å². The third-order valence-electron chi connectivity index (χ3n) is 2.35. The fraction of sp³-hybridized carbons (Fsp3) is 0.417. The number of hydrogen-bond donors (Lipinski definition) is 1. The van der Waals surface area contributed by atoms with Crippen LogP contribution in [-0.2, 0) is 4.79 Å². The third kappa shape index (κ3) is 3.53. The molecule has 4 nitrogen and oxygen atoms in total. The number of methoxy groups -OCH3 is 1. The molecular formula is C12H17ClN2O2. The average molecular weight is 257 g/mol. The quantitative estimate of drug-likeness (QED) is 0.898. The van der Waals surface area contributed by atoms with Crippen LogP contribution in [0.1, 0.15) is 6.92 Å². The van der Waals surface area contributed by atoms with E-state index in [-0.39, 0.29) is 11.9 Å². The molecule has 1 atom stereocenters. The van der Waals surface area contributed by atoms with Crippen molar-refractivity contribution in [2.45, 2.75) is 13.0 Å². The largest absolute Gasteiger partial charge is 0.495 e. The van der Waals surface area contributed by atoms with Gasteiger partial charge in [-0.05, 0) is 25.1 Å². The first kappa shape index (κ1) is 13.6. The van der Waals surface area contributed by atoms with Gasteiger partial charge in [0.2, 0.25) is 5.91 Å². The van der Waals surface area contributed by atoms with Crippen LogP contribution < -0.4 is 10.1 Å². The summed E-state index contributed by atoms with van der Waals surface area (Å²) in [6.45, 7) is 1.81. The molecule has 0 fully saturated rings. The van der Waals surface area contributed by atoms with Crippen molar-refractivity contribution in [3.05, 3.63) is 23.2 Å². The first-order valence-corrected chi connectivity index (χ1v) is 5.64. The van der Waals surface area contributed by atoms with Gasteiger partial charge in [-0.15, -0.1) is 0 Å². The Hall–Kier alpha value is -1.42. The molecule has 17 heavy (non-hydrogen) atoms. The molecule has 1 N–H and O–H groups in total. The molecule has 1 amide bonds. The average Bonchev–Trinajstić information content (AvgIpc) is 2.28. The van der Waals surface area contributed by atoms with E-state index in [9.17, 15) is 4.79 Å². The van der Waals surface area contributed by atoms with Crippen LogP contribution in [0.4, 0.5) is 5.69 Å². The predicted molar refractivity (Wildman–Crippen MR) is 69.8 cm³/mol.